The Morgan fingerprint density at radius 1 is 1.29 bits per heavy atom. The summed E-state index contributed by atoms with van der Waals surface area (Å²) >= 11 is 0. The highest BCUT2D eigenvalue weighted by Gasteiger charge is 2.34. The van der Waals surface area contributed by atoms with Crippen LogP contribution in [0, 0.1) is 0 Å². The predicted octanol–water partition coefficient (Wildman–Crippen LogP) is 2.07. The molecule has 21 heavy (non-hydrogen) atoms. The minimum absolute atomic E-state index is 0. The van der Waals surface area contributed by atoms with Crippen molar-refractivity contribution in [2.45, 2.75) is 51.6 Å². The second-order valence-corrected chi connectivity index (χ2v) is 5.88. The number of aliphatic imine (C=N–C) groups is 1. The number of halogens is 1. The molecule has 1 unspecified atom stereocenters. The van der Waals surface area contributed by atoms with E-state index in [0.717, 1.165) is 51.5 Å². The first-order valence-corrected chi connectivity index (χ1v) is 7.84. The monoisotopic (exact) mass is 412 g/mol. The molecule has 0 aromatic heterocycles. The van der Waals surface area contributed by atoms with E-state index in [1.807, 2.05) is 0 Å². The van der Waals surface area contributed by atoms with E-state index < -0.39 is 0 Å². The lowest BCUT2D eigenvalue weighted by Crippen LogP contribution is -2.52. The van der Waals surface area contributed by atoms with E-state index in [0.29, 0.717) is 6.04 Å². The summed E-state index contributed by atoms with van der Waals surface area (Å²) in [5, 5.41) is 6.79. The zero-order valence-corrected chi connectivity index (χ0v) is 16.6. The molecule has 1 rings (SSSR count). The summed E-state index contributed by atoms with van der Waals surface area (Å²) in [6, 6.07) is 0.442. The Hall–Kier alpha value is -0.0800. The van der Waals surface area contributed by atoms with Gasteiger partial charge in [-0.1, -0.05) is 6.92 Å². The van der Waals surface area contributed by atoms with Crippen LogP contribution in [0.1, 0.15) is 40.0 Å². The molecule has 1 aliphatic heterocycles. The number of likely N-dealkylation sites (N-methyl/N-ethyl adjacent to an activating group) is 1. The number of ether oxygens (including phenoxy) is 1. The summed E-state index contributed by atoms with van der Waals surface area (Å²) in [4.78, 5) is 7.13. The smallest absolute Gasteiger partial charge is 0.191 e. The molecule has 1 heterocycles. The van der Waals surface area contributed by atoms with Crippen molar-refractivity contribution in [2.24, 2.45) is 4.99 Å². The molecule has 0 spiro atoms. The van der Waals surface area contributed by atoms with Gasteiger partial charge < -0.3 is 20.3 Å². The van der Waals surface area contributed by atoms with Crippen molar-refractivity contribution in [2.75, 3.05) is 40.4 Å². The molecule has 1 saturated heterocycles. The fourth-order valence-electron chi connectivity index (χ4n) is 2.38. The van der Waals surface area contributed by atoms with E-state index in [4.69, 9.17) is 9.73 Å². The third kappa shape index (κ3) is 6.69. The molecule has 5 nitrogen and oxygen atoms in total. The maximum atomic E-state index is 5.50. The number of nitrogens with one attached hydrogen (secondary N) is 2. The predicted molar refractivity (Wildman–Crippen MR) is 101 cm³/mol. The number of hydrogen-bond donors (Lipinski definition) is 2. The van der Waals surface area contributed by atoms with E-state index in [1.165, 1.54) is 0 Å². The second kappa shape index (κ2) is 10.6. The van der Waals surface area contributed by atoms with Crippen molar-refractivity contribution in [3.8, 4) is 0 Å². The van der Waals surface area contributed by atoms with Crippen LogP contribution in [0.4, 0.5) is 0 Å². The molecule has 1 atom stereocenters. The van der Waals surface area contributed by atoms with Crippen LogP contribution in [0.3, 0.4) is 0 Å². The van der Waals surface area contributed by atoms with Crippen LogP contribution in [-0.4, -0.2) is 62.8 Å². The van der Waals surface area contributed by atoms with Crippen LogP contribution in [0.25, 0.3) is 0 Å². The van der Waals surface area contributed by atoms with Gasteiger partial charge in [0.25, 0.3) is 0 Å². The van der Waals surface area contributed by atoms with Crippen LogP contribution in [0.5, 0.6) is 0 Å². The fourth-order valence-corrected chi connectivity index (χ4v) is 2.38. The van der Waals surface area contributed by atoms with Gasteiger partial charge in [-0.05, 0) is 47.2 Å². The highest BCUT2D eigenvalue weighted by molar-refractivity contribution is 14.0. The summed E-state index contributed by atoms with van der Waals surface area (Å²) in [5.41, 5.74) is 0.135. The average molecular weight is 412 g/mol. The Kier molecular flexibility index (Phi) is 10.6. The largest absolute Gasteiger partial charge is 0.381 e. The first-order chi connectivity index (χ1) is 9.54. The molecule has 0 saturated carbocycles. The highest BCUT2D eigenvalue weighted by Crippen LogP contribution is 2.26. The number of nitrogens with zero attached hydrogens (tertiary/aromatic N) is 2. The van der Waals surface area contributed by atoms with E-state index in [1.54, 1.807) is 0 Å². The highest BCUT2D eigenvalue weighted by atomic mass is 127. The molecule has 0 aromatic rings. The number of hydrogen-bond acceptors (Lipinski definition) is 3. The van der Waals surface area contributed by atoms with E-state index in [9.17, 15) is 0 Å². The van der Waals surface area contributed by atoms with Gasteiger partial charge in [-0.25, -0.2) is 0 Å². The summed E-state index contributed by atoms with van der Waals surface area (Å²) < 4.78 is 5.50. The topological polar surface area (TPSA) is 48.9 Å². The third-order valence-corrected chi connectivity index (χ3v) is 4.24. The van der Waals surface area contributed by atoms with Gasteiger partial charge in [0.2, 0.25) is 0 Å². The molecule has 0 amide bonds. The van der Waals surface area contributed by atoms with Crippen LogP contribution in [0.2, 0.25) is 0 Å². The molecule has 6 heteroatoms. The fraction of sp³-hybridized carbons (Fsp3) is 0.933. The normalized spacial score (nSPS) is 19.8. The molecule has 1 aliphatic rings. The van der Waals surface area contributed by atoms with Crippen molar-refractivity contribution >= 4 is 29.9 Å². The Labute approximate surface area is 147 Å². The molecular weight excluding hydrogens is 379 g/mol. The lowest BCUT2D eigenvalue weighted by Gasteiger charge is -2.41. The minimum Gasteiger partial charge on any atom is -0.381 e. The molecule has 0 aromatic carbocycles. The zero-order valence-electron chi connectivity index (χ0n) is 14.2. The second-order valence-electron chi connectivity index (χ2n) is 5.88. The first kappa shape index (κ1) is 20.9. The first-order valence-electron chi connectivity index (χ1n) is 7.84. The maximum Gasteiger partial charge on any atom is 0.191 e. The maximum absolute atomic E-state index is 5.50. The molecule has 1 fully saturated rings. The lowest BCUT2D eigenvalue weighted by atomic mass is 9.89. The minimum atomic E-state index is 0. The van der Waals surface area contributed by atoms with Gasteiger partial charge >= 0.3 is 0 Å². The Balaban J connectivity index is 0.00000400. The van der Waals surface area contributed by atoms with E-state index in [-0.39, 0.29) is 29.5 Å². The summed E-state index contributed by atoms with van der Waals surface area (Å²) in [6.07, 6.45) is 3.19. The van der Waals surface area contributed by atoms with Gasteiger partial charge in [-0.3, -0.25) is 4.99 Å². The molecule has 0 aliphatic carbocycles. The van der Waals surface area contributed by atoms with Gasteiger partial charge in [0.1, 0.15) is 0 Å². The van der Waals surface area contributed by atoms with Crippen LogP contribution >= 0.6 is 24.0 Å². The molecule has 2 N–H and O–H groups in total. The van der Waals surface area contributed by atoms with Crippen molar-refractivity contribution in [1.82, 2.24) is 15.5 Å². The Morgan fingerprint density at radius 2 is 1.90 bits per heavy atom. The number of guanidine groups is 1. The van der Waals surface area contributed by atoms with Crippen molar-refractivity contribution < 1.29 is 4.74 Å². The lowest BCUT2D eigenvalue weighted by molar-refractivity contribution is -0.00255. The van der Waals surface area contributed by atoms with Crippen molar-refractivity contribution in [3.63, 3.8) is 0 Å². The summed E-state index contributed by atoms with van der Waals surface area (Å²) in [6.45, 7) is 9.84. The van der Waals surface area contributed by atoms with Gasteiger partial charge in [0.05, 0.1) is 6.54 Å². The molecular formula is C15H33IN4O. The quantitative estimate of drug-likeness (QED) is 0.399. The van der Waals surface area contributed by atoms with Gasteiger partial charge in [-0.2, -0.15) is 0 Å². The van der Waals surface area contributed by atoms with Crippen molar-refractivity contribution in [1.29, 1.82) is 0 Å². The van der Waals surface area contributed by atoms with E-state index in [2.05, 4.69) is 50.4 Å². The van der Waals surface area contributed by atoms with E-state index >= 15 is 0 Å². The average Bonchev–Trinajstić information content (AvgIpc) is 2.45. The van der Waals surface area contributed by atoms with Gasteiger partial charge in [0, 0.05) is 31.3 Å². The van der Waals surface area contributed by atoms with Gasteiger partial charge in [-0.15, -0.1) is 24.0 Å². The standard InChI is InChI=1S/C15H32N4O.HI/c1-6-13(3)18-14(16-7-2)17-12-15(19(4)5)8-10-20-11-9-15;/h13H,6-12H2,1-5H3,(H2,16,17,18);1H. The van der Waals surface area contributed by atoms with Gasteiger partial charge in [0.15, 0.2) is 5.96 Å². The number of rotatable bonds is 6. The summed E-state index contributed by atoms with van der Waals surface area (Å²) in [5.74, 6) is 0.926. The molecule has 126 valence electrons. The third-order valence-electron chi connectivity index (χ3n) is 4.24. The van der Waals surface area contributed by atoms with Crippen molar-refractivity contribution in [3.05, 3.63) is 0 Å². The van der Waals surface area contributed by atoms with Crippen LogP contribution in [0.15, 0.2) is 4.99 Å². The summed E-state index contributed by atoms with van der Waals surface area (Å²) in [7, 11) is 4.30. The zero-order chi connectivity index (χ0) is 15.0. The SMILES string of the molecule is CCNC(=NCC1(N(C)C)CCOCC1)NC(C)CC.I. The van der Waals surface area contributed by atoms with Crippen LogP contribution in [-0.2, 0) is 4.74 Å². The Bertz CT molecular complexity index is 304. The Morgan fingerprint density at radius 3 is 2.38 bits per heavy atom. The molecule has 0 radical (unpaired) electrons. The van der Waals surface area contributed by atoms with Crippen LogP contribution < -0.4 is 10.6 Å². The molecule has 0 bridgehead atoms.